The van der Waals surface area contributed by atoms with Crippen LogP contribution in [0.1, 0.15) is 34.3 Å². The highest BCUT2D eigenvalue weighted by Gasteiger charge is 2.29. The minimum Gasteiger partial charge on any atom is -0.355 e. The van der Waals surface area contributed by atoms with E-state index in [4.69, 9.17) is 5.73 Å². The van der Waals surface area contributed by atoms with Crippen molar-refractivity contribution >= 4 is 23.2 Å². The summed E-state index contributed by atoms with van der Waals surface area (Å²) in [5.74, 6) is -0.0470. The molecule has 1 aromatic heterocycles. The molecule has 2 amide bonds. The lowest BCUT2D eigenvalue weighted by atomic mass is 9.97. The van der Waals surface area contributed by atoms with Crippen LogP contribution in [-0.2, 0) is 11.2 Å². The molecular formula is C15H23N3O2S. The lowest BCUT2D eigenvalue weighted by Gasteiger charge is -2.31. The van der Waals surface area contributed by atoms with Gasteiger partial charge in [-0.05, 0) is 31.4 Å². The minimum absolute atomic E-state index is 0.0124. The fraction of sp³-hybridized carbons (Fsp3) is 0.600. The summed E-state index contributed by atoms with van der Waals surface area (Å²) in [5.41, 5.74) is 5.40. The third-order valence-electron chi connectivity index (χ3n) is 3.74. The Kier molecular flexibility index (Phi) is 5.76. The monoisotopic (exact) mass is 309 g/mol. The van der Waals surface area contributed by atoms with Crippen molar-refractivity contribution < 1.29 is 9.59 Å². The molecule has 1 atom stereocenters. The van der Waals surface area contributed by atoms with Crippen molar-refractivity contribution in [3.63, 3.8) is 0 Å². The number of hydrogen-bond donors (Lipinski definition) is 2. The fourth-order valence-corrected chi connectivity index (χ4v) is 3.47. The molecule has 6 heteroatoms. The van der Waals surface area contributed by atoms with Crippen LogP contribution in [0.3, 0.4) is 0 Å². The molecule has 21 heavy (non-hydrogen) atoms. The van der Waals surface area contributed by atoms with Crippen molar-refractivity contribution in [2.24, 2.45) is 11.7 Å². The Morgan fingerprint density at radius 2 is 2.29 bits per heavy atom. The lowest BCUT2D eigenvalue weighted by Crippen LogP contribution is -2.46. The number of nitrogens with two attached hydrogens (primary N) is 1. The Balaban J connectivity index is 1.96. The van der Waals surface area contributed by atoms with Crippen LogP contribution in [0.15, 0.2) is 12.1 Å². The van der Waals surface area contributed by atoms with Crippen molar-refractivity contribution in [1.82, 2.24) is 10.2 Å². The summed E-state index contributed by atoms with van der Waals surface area (Å²) < 4.78 is 0. The highest BCUT2D eigenvalue weighted by molar-refractivity contribution is 7.14. The van der Waals surface area contributed by atoms with Crippen molar-refractivity contribution in [2.45, 2.75) is 26.2 Å². The number of rotatable bonds is 5. The molecule has 2 rings (SSSR count). The van der Waals surface area contributed by atoms with E-state index < -0.39 is 0 Å². The molecule has 0 saturated carbocycles. The SMILES string of the molecule is CCc1ccc(C(=O)N2CCCC(C(=O)NCCN)C2)s1. The smallest absolute Gasteiger partial charge is 0.263 e. The third kappa shape index (κ3) is 4.04. The number of carbonyl (C=O) groups is 2. The second-order valence-corrected chi connectivity index (χ2v) is 6.46. The number of amides is 2. The van der Waals surface area contributed by atoms with E-state index in [-0.39, 0.29) is 17.7 Å². The normalized spacial score (nSPS) is 18.6. The maximum atomic E-state index is 12.5. The first-order chi connectivity index (χ1) is 10.2. The average molecular weight is 309 g/mol. The van der Waals surface area contributed by atoms with Gasteiger partial charge in [0.1, 0.15) is 0 Å². The zero-order valence-corrected chi connectivity index (χ0v) is 13.2. The Morgan fingerprint density at radius 1 is 1.48 bits per heavy atom. The van der Waals surface area contributed by atoms with Gasteiger partial charge in [-0.15, -0.1) is 11.3 Å². The number of carbonyl (C=O) groups excluding carboxylic acids is 2. The summed E-state index contributed by atoms with van der Waals surface area (Å²) in [5, 5.41) is 2.82. The van der Waals surface area contributed by atoms with Crippen LogP contribution in [0.5, 0.6) is 0 Å². The predicted molar refractivity (Wildman–Crippen MR) is 84.4 cm³/mol. The van der Waals surface area contributed by atoms with E-state index in [1.165, 1.54) is 4.88 Å². The molecule has 1 fully saturated rings. The molecule has 0 aliphatic carbocycles. The Bertz CT molecular complexity index is 501. The number of aryl methyl sites for hydroxylation is 1. The highest BCUT2D eigenvalue weighted by atomic mass is 32.1. The van der Waals surface area contributed by atoms with Gasteiger partial charge in [0, 0.05) is 31.1 Å². The van der Waals surface area contributed by atoms with Crippen molar-refractivity contribution in [3.05, 3.63) is 21.9 Å². The maximum absolute atomic E-state index is 12.5. The molecule has 0 spiro atoms. The minimum atomic E-state index is -0.111. The van der Waals surface area contributed by atoms with E-state index in [2.05, 4.69) is 12.2 Å². The van der Waals surface area contributed by atoms with Crippen molar-refractivity contribution in [3.8, 4) is 0 Å². The molecule has 1 aromatic rings. The molecule has 2 heterocycles. The summed E-state index contributed by atoms with van der Waals surface area (Å²) >= 11 is 1.55. The first-order valence-corrected chi connectivity index (χ1v) is 8.33. The van der Waals surface area contributed by atoms with Crippen LogP contribution < -0.4 is 11.1 Å². The molecular weight excluding hydrogens is 286 g/mol. The van der Waals surface area contributed by atoms with Gasteiger partial charge in [0.15, 0.2) is 0 Å². The van der Waals surface area contributed by atoms with Crippen LogP contribution in [0.25, 0.3) is 0 Å². The van der Waals surface area contributed by atoms with E-state index in [0.717, 1.165) is 30.7 Å². The standard InChI is InChI=1S/C15H23N3O2S/c1-2-12-5-6-13(21-12)15(20)18-9-3-4-11(10-18)14(19)17-8-7-16/h5-6,11H,2-4,7-10,16H2,1H3,(H,17,19). The molecule has 3 N–H and O–H groups in total. The van der Waals surface area contributed by atoms with Gasteiger partial charge in [-0.25, -0.2) is 0 Å². The predicted octanol–water partition coefficient (Wildman–Crippen LogP) is 1.24. The third-order valence-corrected chi connectivity index (χ3v) is 4.96. The molecule has 1 saturated heterocycles. The van der Waals surface area contributed by atoms with Gasteiger partial charge in [0.05, 0.1) is 10.8 Å². The number of nitrogens with zero attached hydrogens (tertiary/aromatic N) is 1. The fourth-order valence-electron chi connectivity index (χ4n) is 2.55. The zero-order chi connectivity index (χ0) is 15.2. The summed E-state index contributed by atoms with van der Waals surface area (Å²) in [7, 11) is 0. The van der Waals surface area contributed by atoms with Crippen LogP contribution in [0.2, 0.25) is 0 Å². The highest BCUT2D eigenvalue weighted by Crippen LogP contribution is 2.23. The van der Waals surface area contributed by atoms with E-state index in [0.29, 0.717) is 19.6 Å². The topological polar surface area (TPSA) is 75.4 Å². The first kappa shape index (κ1) is 16.0. The van der Waals surface area contributed by atoms with E-state index in [1.807, 2.05) is 17.0 Å². The molecule has 116 valence electrons. The van der Waals surface area contributed by atoms with Gasteiger partial charge >= 0.3 is 0 Å². The number of likely N-dealkylation sites (tertiary alicyclic amines) is 1. The average Bonchev–Trinajstić information content (AvgIpc) is 3.01. The molecule has 1 aliphatic heterocycles. The lowest BCUT2D eigenvalue weighted by molar-refractivity contribution is -0.126. The van der Waals surface area contributed by atoms with Crippen LogP contribution in [0, 0.1) is 5.92 Å². The number of piperidine rings is 1. The summed E-state index contributed by atoms with van der Waals surface area (Å²) in [6.07, 6.45) is 2.66. The van der Waals surface area contributed by atoms with Crippen molar-refractivity contribution in [1.29, 1.82) is 0 Å². The van der Waals surface area contributed by atoms with Gasteiger partial charge < -0.3 is 16.0 Å². The Labute approximate surface area is 129 Å². The summed E-state index contributed by atoms with van der Waals surface area (Å²) in [6.45, 7) is 4.26. The molecule has 0 bridgehead atoms. The zero-order valence-electron chi connectivity index (χ0n) is 12.4. The molecule has 1 unspecified atom stereocenters. The summed E-state index contributed by atoms with van der Waals surface area (Å²) in [6, 6.07) is 3.90. The van der Waals surface area contributed by atoms with E-state index in [9.17, 15) is 9.59 Å². The van der Waals surface area contributed by atoms with Gasteiger partial charge in [0.25, 0.3) is 5.91 Å². The van der Waals surface area contributed by atoms with Crippen LogP contribution in [-0.4, -0.2) is 42.9 Å². The number of nitrogens with one attached hydrogen (secondary N) is 1. The molecule has 1 aliphatic rings. The van der Waals surface area contributed by atoms with Gasteiger partial charge in [-0.1, -0.05) is 6.92 Å². The maximum Gasteiger partial charge on any atom is 0.263 e. The largest absolute Gasteiger partial charge is 0.355 e. The second kappa shape index (κ2) is 7.56. The van der Waals surface area contributed by atoms with Gasteiger partial charge in [0.2, 0.25) is 5.91 Å². The van der Waals surface area contributed by atoms with E-state index in [1.54, 1.807) is 11.3 Å². The Morgan fingerprint density at radius 3 is 2.95 bits per heavy atom. The molecule has 0 radical (unpaired) electrons. The number of thiophene rings is 1. The van der Waals surface area contributed by atoms with Crippen LogP contribution >= 0.6 is 11.3 Å². The van der Waals surface area contributed by atoms with E-state index >= 15 is 0 Å². The summed E-state index contributed by atoms with van der Waals surface area (Å²) in [4.78, 5) is 28.3. The van der Waals surface area contributed by atoms with Gasteiger partial charge in [-0.2, -0.15) is 0 Å². The Hall–Kier alpha value is -1.40. The van der Waals surface area contributed by atoms with Gasteiger partial charge in [-0.3, -0.25) is 9.59 Å². The van der Waals surface area contributed by atoms with Crippen LogP contribution in [0.4, 0.5) is 0 Å². The molecule has 5 nitrogen and oxygen atoms in total. The van der Waals surface area contributed by atoms with Crippen molar-refractivity contribution in [2.75, 3.05) is 26.2 Å². The molecule has 0 aromatic carbocycles. The second-order valence-electron chi connectivity index (χ2n) is 5.29. The first-order valence-electron chi connectivity index (χ1n) is 7.51. The quantitative estimate of drug-likeness (QED) is 0.859. The number of hydrogen-bond acceptors (Lipinski definition) is 4.